The topological polar surface area (TPSA) is 64.9 Å². The lowest BCUT2D eigenvalue weighted by Crippen LogP contribution is -2.33. The Labute approximate surface area is 115 Å². The SMILES string of the molecule is CCC(C)(N)c1noc(-c2cc(Cl)cc(Cl)c2)n1. The summed E-state index contributed by atoms with van der Waals surface area (Å²) in [6, 6.07) is 5.07. The molecule has 1 atom stereocenters. The molecule has 1 aromatic carbocycles. The molecule has 0 radical (unpaired) electrons. The molecule has 0 saturated carbocycles. The Kier molecular flexibility index (Phi) is 3.61. The maximum atomic E-state index is 6.05. The monoisotopic (exact) mass is 285 g/mol. The molecule has 18 heavy (non-hydrogen) atoms. The molecule has 1 heterocycles. The van der Waals surface area contributed by atoms with Gasteiger partial charge in [0, 0.05) is 15.6 Å². The molecular weight excluding hydrogens is 273 g/mol. The Balaban J connectivity index is 2.41. The van der Waals surface area contributed by atoms with Crippen LogP contribution in [0.1, 0.15) is 26.1 Å². The maximum absolute atomic E-state index is 6.05. The van der Waals surface area contributed by atoms with Gasteiger partial charge in [-0.3, -0.25) is 0 Å². The average molecular weight is 286 g/mol. The first-order chi connectivity index (χ1) is 8.42. The number of hydrogen-bond donors (Lipinski definition) is 1. The average Bonchev–Trinajstić information content (AvgIpc) is 2.77. The molecule has 6 heteroatoms. The summed E-state index contributed by atoms with van der Waals surface area (Å²) in [4.78, 5) is 4.29. The van der Waals surface area contributed by atoms with Gasteiger partial charge in [0.2, 0.25) is 0 Å². The fourth-order valence-electron chi connectivity index (χ4n) is 1.41. The minimum Gasteiger partial charge on any atom is -0.334 e. The highest BCUT2D eigenvalue weighted by atomic mass is 35.5. The summed E-state index contributed by atoms with van der Waals surface area (Å²) in [5, 5.41) is 4.93. The zero-order chi connectivity index (χ0) is 13.3. The molecule has 0 aliphatic carbocycles. The van der Waals surface area contributed by atoms with Crippen LogP contribution in [0, 0.1) is 0 Å². The van der Waals surface area contributed by atoms with E-state index in [-0.39, 0.29) is 0 Å². The smallest absolute Gasteiger partial charge is 0.258 e. The number of aromatic nitrogens is 2. The summed E-state index contributed by atoms with van der Waals surface area (Å²) in [7, 11) is 0. The highest BCUT2D eigenvalue weighted by Crippen LogP contribution is 2.27. The van der Waals surface area contributed by atoms with Crippen molar-refractivity contribution in [3.05, 3.63) is 34.1 Å². The Bertz CT molecular complexity index is 546. The molecule has 4 nitrogen and oxygen atoms in total. The minimum atomic E-state index is -0.607. The van der Waals surface area contributed by atoms with Gasteiger partial charge >= 0.3 is 0 Å². The number of hydrogen-bond acceptors (Lipinski definition) is 4. The van der Waals surface area contributed by atoms with Crippen molar-refractivity contribution < 1.29 is 4.52 Å². The molecule has 2 rings (SSSR count). The van der Waals surface area contributed by atoms with Gasteiger partial charge in [0.1, 0.15) is 0 Å². The van der Waals surface area contributed by atoms with E-state index in [9.17, 15) is 0 Å². The third-order valence-electron chi connectivity index (χ3n) is 2.78. The van der Waals surface area contributed by atoms with E-state index in [0.29, 0.717) is 33.7 Å². The molecule has 0 aliphatic heterocycles. The van der Waals surface area contributed by atoms with Crippen molar-refractivity contribution in [2.24, 2.45) is 5.73 Å². The third kappa shape index (κ3) is 2.66. The van der Waals surface area contributed by atoms with Crippen LogP contribution in [0.5, 0.6) is 0 Å². The van der Waals surface area contributed by atoms with E-state index in [1.165, 1.54) is 0 Å². The number of halogens is 2. The largest absolute Gasteiger partial charge is 0.334 e. The van der Waals surface area contributed by atoms with E-state index < -0.39 is 5.54 Å². The summed E-state index contributed by atoms with van der Waals surface area (Å²) in [6.45, 7) is 3.82. The van der Waals surface area contributed by atoms with Crippen LogP contribution in [0.25, 0.3) is 11.5 Å². The first kappa shape index (κ1) is 13.3. The first-order valence-electron chi connectivity index (χ1n) is 5.52. The minimum absolute atomic E-state index is 0.361. The van der Waals surface area contributed by atoms with Gasteiger partial charge in [0.05, 0.1) is 5.54 Å². The highest BCUT2D eigenvalue weighted by Gasteiger charge is 2.25. The Morgan fingerprint density at radius 2 is 1.89 bits per heavy atom. The Hall–Kier alpha value is -1.10. The quantitative estimate of drug-likeness (QED) is 0.935. The molecule has 1 unspecified atom stereocenters. The lowest BCUT2D eigenvalue weighted by atomic mass is 10.00. The van der Waals surface area contributed by atoms with Gasteiger partial charge in [-0.15, -0.1) is 0 Å². The lowest BCUT2D eigenvalue weighted by Gasteiger charge is -2.16. The van der Waals surface area contributed by atoms with E-state index in [1.54, 1.807) is 18.2 Å². The summed E-state index contributed by atoms with van der Waals surface area (Å²) in [5.41, 5.74) is 6.12. The van der Waals surface area contributed by atoms with Crippen LogP contribution >= 0.6 is 23.2 Å². The van der Waals surface area contributed by atoms with Crippen molar-refractivity contribution in [1.29, 1.82) is 0 Å². The van der Waals surface area contributed by atoms with Crippen molar-refractivity contribution in [3.63, 3.8) is 0 Å². The molecule has 0 amide bonds. The molecule has 0 saturated heterocycles. The van der Waals surface area contributed by atoms with E-state index >= 15 is 0 Å². The number of nitrogens with two attached hydrogens (primary N) is 1. The maximum Gasteiger partial charge on any atom is 0.258 e. The molecule has 2 aromatic rings. The van der Waals surface area contributed by atoms with E-state index in [4.69, 9.17) is 33.5 Å². The molecular formula is C12H13Cl2N3O. The van der Waals surface area contributed by atoms with Gasteiger partial charge in [-0.2, -0.15) is 4.98 Å². The lowest BCUT2D eigenvalue weighted by molar-refractivity contribution is 0.379. The molecule has 0 spiro atoms. The van der Waals surface area contributed by atoms with Gasteiger partial charge < -0.3 is 10.3 Å². The van der Waals surface area contributed by atoms with Crippen molar-refractivity contribution in [3.8, 4) is 11.5 Å². The summed E-state index contributed by atoms with van der Waals surface area (Å²) in [5.74, 6) is 0.829. The van der Waals surface area contributed by atoms with Gasteiger partial charge in [0.15, 0.2) is 5.82 Å². The molecule has 0 bridgehead atoms. The second-order valence-electron chi connectivity index (χ2n) is 4.35. The molecule has 0 fully saturated rings. The van der Waals surface area contributed by atoms with Crippen molar-refractivity contribution in [2.45, 2.75) is 25.8 Å². The van der Waals surface area contributed by atoms with Crippen LogP contribution in [-0.2, 0) is 5.54 Å². The van der Waals surface area contributed by atoms with Crippen molar-refractivity contribution in [2.75, 3.05) is 0 Å². The second kappa shape index (κ2) is 4.88. The first-order valence-corrected chi connectivity index (χ1v) is 6.27. The van der Waals surface area contributed by atoms with Gasteiger partial charge in [0.25, 0.3) is 5.89 Å². The van der Waals surface area contributed by atoms with Crippen LogP contribution in [0.15, 0.2) is 22.7 Å². The van der Waals surface area contributed by atoms with E-state index in [1.807, 2.05) is 13.8 Å². The van der Waals surface area contributed by atoms with Gasteiger partial charge in [-0.1, -0.05) is 35.3 Å². The number of benzene rings is 1. The van der Waals surface area contributed by atoms with Gasteiger partial charge in [-0.25, -0.2) is 0 Å². The normalized spacial score (nSPS) is 14.5. The predicted octanol–water partition coefficient (Wildman–Crippen LogP) is 3.63. The molecule has 1 aromatic heterocycles. The van der Waals surface area contributed by atoms with Crippen LogP contribution in [0.2, 0.25) is 10.0 Å². The zero-order valence-corrected chi connectivity index (χ0v) is 11.6. The molecule has 96 valence electrons. The summed E-state index contributed by atoms with van der Waals surface area (Å²) < 4.78 is 5.19. The Morgan fingerprint density at radius 3 is 2.44 bits per heavy atom. The molecule has 2 N–H and O–H groups in total. The van der Waals surface area contributed by atoms with Gasteiger partial charge in [-0.05, 0) is 31.5 Å². The van der Waals surface area contributed by atoms with Crippen LogP contribution in [0.3, 0.4) is 0 Å². The number of rotatable bonds is 3. The van der Waals surface area contributed by atoms with Crippen molar-refractivity contribution >= 4 is 23.2 Å². The predicted molar refractivity (Wildman–Crippen MR) is 71.6 cm³/mol. The Morgan fingerprint density at radius 1 is 1.28 bits per heavy atom. The summed E-state index contributed by atoms with van der Waals surface area (Å²) >= 11 is 11.9. The fraction of sp³-hybridized carbons (Fsp3) is 0.333. The second-order valence-corrected chi connectivity index (χ2v) is 5.23. The summed E-state index contributed by atoms with van der Waals surface area (Å²) in [6.07, 6.45) is 0.711. The highest BCUT2D eigenvalue weighted by molar-refractivity contribution is 6.35. The number of nitrogens with zero attached hydrogens (tertiary/aromatic N) is 2. The molecule has 0 aliphatic rings. The van der Waals surface area contributed by atoms with E-state index in [0.717, 1.165) is 0 Å². The standard InChI is InChI=1S/C12H13Cl2N3O/c1-3-12(2,15)11-16-10(18-17-11)7-4-8(13)6-9(14)5-7/h4-6H,3,15H2,1-2H3. The fourth-order valence-corrected chi connectivity index (χ4v) is 1.93. The van der Waals surface area contributed by atoms with Crippen LogP contribution in [0.4, 0.5) is 0 Å². The van der Waals surface area contributed by atoms with Crippen molar-refractivity contribution in [1.82, 2.24) is 10.1 Å². The van der Waals surface area contributed by atoms with E-state index in [2.05, 4.69) is 10.1 Å². The third-order valence-corrected chi connectivity index (χ3v) is 3.22. The van der Waals surface area contributed by atoms with Crippen LogP contribution in [-0.4, -0.2) is 10.1 Å². The zero-order valence-electron chi connectivity index (χ0n) is 10.1. The van der Waals surface area contributed by atoms with Crippen LogP contribution < -0.4 is 5.73 Å².